The smallest absolute Gasteiger partial charge is 0.264 e. The van der Waals surface area contributed by atoms with Gasteiger partial charge in [0, 0.05) is 6.07 Å². The van der Waals surface area contributed by atoms with E-state index in [1.54, 1.807) is 48.5 Å². The van der Waals surface area contributed by atoms with Crippen molar-refractivity contribution in [3.63, 3.8) is 0 Å². The van der Waals surface area contributed by atoms with Crippen LogP contribution < -0.4 is 13.8 Å². The van der Waals surface area contributed by atoms with Crippen LogP contribution in [0.5, 0.6) is 11.5 Å². The van der Waals surface area contributed by atoms with E-state index in [4.69, 9.17) is 14.1 Å². The van der Waals surface area contributed by atoms with E-state index in [1.165, 1.54) is 30.7 Å². The molecule has 9 heteroatoms. The van der Waals surface area contributed by atoms with Gasteiger partial charge < -0.3 is 9.47 Å². The number of para-hydroxylation sites is 1. The molecule has 154 valence electrons. The summed E-state index contributed by atoms with van der Waals surface area (Å²) in [6.07, 6.45) is 0. The van der Waals surface area contributed by atoms with Gasteiger partial charge in [0.2, 0.25) is 0 Å². The fraction of sp³-hybridized carbons (Fsp3) is 0.143. The van der Waals surface area contributed by atoms with Crippen molar-refractivity contribution in [1.82, 2.24) is 10.3 Å². The Balaban J connectivity index is 1.79. The monoisotopic (exact) mass is 425 g/mol. The molecule has 0 atom stereocenters. The highest BCUT2D eigenvalue weighted by molar-refractivity contribution is 7.92. The average molecular weight is 425 g/mol. The second kappa shape index (κ2) is 8.03. The third kappa shape index (κ3) is 3.67. The summed E-state index contributed by atoms with van der Waals surface area (Å²) in [5.74, 6) is 0.786. The first-order valence-electron chi connectivity index (χ1n) is 9.04. The van der Waals surface area contributed by atoms with E-state index in [1.807, 2.05) is 6.07 Å². The number of rotatable bonds is 7. The third-order valence-corrected chi connectivity index (χ3v) is 6.40. The largest absolute Gasteiger partial charge is 0.493 e. The second-order valence-electron chi connectivity index (χ2n) is 6.45. The summed E-state index contributed by atoms with van der Waals surface area (Å²) in [5, 5.41) is 7.62. The summed E-state index contributed by atoms with van der Waals surface area (Å²) in [5.41, 5.74) is 2.44. The molecular formula is C21H19N3O5S. The molecule has 0 aliphatic rings. The maximum Gasteiger partial charge on any atom is 0.264 e. The molecule has 0 fully saturated rings. The van der Waals surface area contributed by atoms with Gasteiger partial charge in [-0.2, -0.15) is 0 Å². The summed E-state index contributed by atoms with van der Waals surface area (Å²) in [4.78, 5) is 0.0909. The van der Waals surface area contributed by atoms with Crippen LogP contribution in [0.2, 0.25) is 0 Å². The Labute approximate surface area is 173 Å². The van der Waals surface area contributed by atoms with Crippen LogP contribution in [0.15, 0.2) is 76.3 Å². The van der Waals surface area contributed by atoms with Crippen molar-refractivity contribution in [2.24, 2.45) is 0 Å². The molecule has 0 unspecified atom stereocenters. The Hall–Kier alpha value is -3.59. The van der Waals surface area contributed by atoms with Gasteiger partial charge in [-0.1, -0.05) is 24.3 Å². The van der Waals surface area contributed by atoms with Crippen molar-refractivity contribution in [2.75, 3.05) is 18.5 Å². The molecule has 1 heterocycles. The number of ether oxygens (including phenoxy) is 2. The first kappa shape index (κ1) is 19.7. The molecule has 0 saturated heterocycles. The number of fused-ring (bicyclic) bond motifs is 1. The van der Waals surface area contributed by atoms with E-state index in [0.717, 1.165) is 5.56 Å². The Morgan fingerprint density at radius 1 is 0.867 bits per heavy atom. The van der Waals surface area contributed by atoms with Crippen LogP contribution in [0.25, 0.3) is 11.0 Å². The quantitative estimate of drug-likeness (QED) is 0.446. The van der Waals surface area contributed by atoms with Crippen LogP contribution >= 0.6 is 0 Å². The molecule has 4 aromatic rings. The average Bonchev–Trinajstić information content (AvgIpc) is 3.25. The molecule has 30 heavy (non-hydrogen) atoms. The zero-order valence-corrected chi connectivity index (χ0v) is 17.2. The van der Waals surface area contributed by atoms with E-state index in [-0.39, 0.29) is 11.4 Å². The van der Waals surface area contributed by atoms with Crippen LogP contribution in [-0.2, 0) is 16.6 Å². The van der Waals surface area contributed by atoms with Gasteiger partial charge in [0.1, 0.15) is 11.0 Å². The van der Waals surface area contributed by atoms with E-state index in [9.17, 15) is 8.42 Å². The molecule has 8 nitrogen and oxygen atoms in total. The van der Waals surface area contributed by atoms with Crippen molar-refractivity contribution >= 4 is 26.7 Å². The number of methoxy groups -OCH3 is 2. The van der Waals surface area contributed by atoms with Crippen LogP contribution in [0.1, 0.15) is 5.56 Å². The molecule has 0 aliphatic carbocycles. The van der Waals surface area contributed by atoms with Gasteiger partial charge in [-0.25, -0.2) is 13.0 Å². The lowest BCUT2D eigenvalue weighted by Crippen LogP contribution is -2.30. The highest BCUT2D eigenvalue weighted by Gasteiger charge is 2.26. The number of hydrogen-bond donors (Lipinski definition) is 0. The minimum atomic E-state index is -3.91. The lowest BCUT2D eigenvalue weighted by molar-refractivity contribution is 0.315. The van der Waals surface area contributed by atoms with Gasteiger partial charge in [-0.05, 0) is 52.3 Å². The summed E-state index contributed by atoms with van der Waals surface area (Å²) < 4.78 is 43.8. The number of nitrogens with zero attached hydrogens (tertiary/aromatic N) is 3. The summed E-state index contributed by atoms with van der Waals surface area (Å²) in [7, 11) is -0.952. The fourth-order valence-electron chi connectivity index (χ4n) is 3.11. The zero-order valence-electron chi connectivity index (χ0n) is 16.3. The van der Waals surface area contributed by atoms with E-state index in [2.05, 4.69) is 10.3 Å². The molecule has 0 amide bonds. The molecule has 0 spiro atoms. The van der Waals surface area contributed by atoms with Crippen LogP contribution in [-0.4, -0.2) is 33.0 Å². The number of benzene rings is 3. The lowest BCUT2D eigenvalue weighted by Gasteiger charge is -2.25. The second-order valence-corrected chi connectivity index (χ2v) is 8.31. The van der Waals surface area contributed by atoms with Gasteiger partial charge in [-0.3, -0.25) is 4.31 Å². The van der Waals surface area contributed by atoms with E-state index < -0.39 is 10.0 Å². The summed E-state index contributed by atoms with van der Waals surface area (Å²) in [6.45, 7) is 0.101. The van der Waals surface area contributed by atoms with E-state index >= 15 is 0 Å². The van der Waals surface area contributed by atoms with Crippen LogP contribution in [0, 0.1) is 0 Å². The SMILES string of the molecule is COc1ccc(S(=O)(=O)N(Cc2ccc3nonc3c2)c2ccccc2)cc1OC. The first-order chi connectivity index (χ1) is 14.5. The molecule has 0 radical (unpaired) electrons. The lowest BCUT2D eigenvalue weighted by atomic mass is 10.2. The number of anilines is 1. The first-order valence-corrected chi connectivity index (χ1v) is 10.5. The molecule has 0 N–H and O–H groups in total. The standard InChI is InChI=1S/C21H19N3O5S/c1-27-20-11-9-17(13-21(20)28-2)30(25,26)24(16-6-4-3-5-7-16)14-15-8-10-18-19(12-15)23-29-22-18/h3-13H,14H2,1-2H3. The molecule has 0 aliphatic heterocycles. The predicted octanol–water partition coefficient (Wildman–Crippen LogP) is 3.64. The number of hydrogen-bond acceptors (Lipinski definition) is 7. The predicted molar refractivity (Wildman–Crippen MR) is 111 cm³/mol. The Morgan fingerprint density at radius 2 is 1.60 bits per heavy atom. The Morgan fingerprint density at radius 3 is 2.33 bits per heavy atom. The van der Waals surface area contributed by atoms with Gasteiger partial charge in [0.25, 0.3) is 10.0 Å². The van der Waals surface area contributed by atoms with Crippen molar-refractivity contribution in [2.45, 2.75) is 11.4 Å². The topological polar surface area (TPSA) is 94.8 Å². The van der Waals surface area contributed by atoms with Gasteiger partial charge in [0.15, 0.2) is 11.5 Å². The molecular weight excluding hydrogens is 406 g/mol. The third-order valence-electron chi connectivity index (χ3n) is 4.63. The molecule has 0 saturated carbocycles. The van der Waals surface area contributed by atoms with E-state index in [0.29, 0.717) is 28.2 Å². The Bertz CT molecular complexity index is 1270. The molecule has 4 rings (SSSR count). The van der Waals surface area contributed by atoms with Crippen molar-refractivity contribution in [3.05, 3.63) is 72.3 Å². The van der Waals surface area contributed by atoms with Crippen LogP contribution in [0.3, 0.4) is 0 Å². The summed E-state index contributed by atoms with van der Waals surface area (Å²) in [6, 6.07) is 18.7. The zero-order chi connectivity index (χ0) is 21.1. The molecule has 0 bridgehead atoms. The van der Waals surface area contributed by atoms with Gasteiger partial charge in [0.05, 0.1) is 31.3 Å². The number of aromatic nitrogens is 2. The van der Waals surface area contributed by atoms with Crippen LogP contribution in [0.4, 0.5) is 5.69 Å². The maximum absolute atomic E-state index is 13.6. The fourth-order valence-corrected chi connectivity index (χ4v) is 4.57. The minimum Gasteiger partial charge on any atom is -0.493 e. The highest BCUT2D eigenvalue weighted by atomic mass is 32.2. The van der Waals surface area contributed by atoms with Crippen molar-refractivity contribution in [3.8, 4) is 11.5 Å². The minimum absolute atomic E-state index is 0.0909. The Kier molecular flexibility index (Phi) is 5.28. The highest BCUT2D eigenvalue weighted by Crippen LogP contribution is 2.33. The maximum atomic E-state index is 13.6. The normalized spacial score (nSPS) is 11.4. The van der Waals surface area contributed by atoms with Gasteiger partial charge >= 0.3 is 0 Å². The van der Waals surface area contributed by atoms with Crippen molar-refractivity contribution < 1.29 is 22.5 Å². The molecule has 3 aromatic carbocycles. The number of sulfonamides is 1. The summed E-state index contributed by atoms with van der Waals surface area (Å²) >= 11 is 0. The molecule has 1 aromatic heterocycles. The van der Waals surface area contributed by atoms with Crippen molar-refractivity contribution in [1.29, 1.82) is 0 Å². The van der Waals surface area contributed by atoms with Gasteiger partial charge in [-0.15, -0.1) is 0 Å².